The van der Waals surface area contributed by atoms with Crippen LogP contribution in [0.25, 0.3) is 0 Å². The zero-order valence-electron chi connectivity index (χ0n) is 28.4. The molecule has 6 nitrogen and oxygen atoms in total. The van der Waals surface area contributed by atoms with Gasteiger partial charge in [-0.3, -0.25) is 0 Å². The minimum absolute atomic E-state index is 0.303. The molecule has 1 saturated heterocycles. The van der Waals surface area contributed by atoms with Crippen LogP contribution in [-0.2, 0) is 50.1 Å². The van der Waals surface area contributed by atoms with Crippen molar-refractivity contribution in [2.75, 3.05) is 13.2 Å². The van der Waals surface area contributed by atoms with Crippen LogP contribution in [0.15, 0.2) is 140 Å². The van der Waals surface area contributed by atoms with Crippen LogP contribution in [0.3, 0.4) is 0 Å². The molecule has 254 valence electrons. The SMILES string of the molecule is CCOc1ccc(C)cc1[C@@H]1O[C@H](COCc2ccccc2)[C@@H](OCc2ccccc2)[C@H](OCc2ccccc2)[C@H]1OCc1ccccc1. The Bertz CT molecular complexity index is 1660. The van der Waals surface area contributed by atoms with Crippen molar-refractivity contribution in [3.05, 3.63) is 173 Å². The Hall–Kier alpha value is -4.30. The van der Waals surface area contributed by atoms with Crippen LogP contribution < -0.4 is 4.74 Å². The Morgan fingerprint density at radius 1 is 0.531 bits per heavy atom. The van der Waals surface area contributed by atoms with Crippen molar-refractivity contribution in [1.29, 1.82) is 0 Å². The molecule has 0 unspecified atom stereocenters. The molecule has 1 fully saturated rings. The number of hydrogen-bond acceptors (Lipinski definition) is 6. The van der Waals surface area contributed by atoms with Gasteiger partial charge in [0.15, 0.2) is 0 Å². The van der Waals surface area contributed by atoms with Crippen molar-refractivity contribution in [2.24, 2.45) is 0 Å². The molecule has 5 aromatic rings. The zero-order chi connectivity index (χ0) is 33.7. The van der Waals surface area contributed by atoms with E-state index in [1.165, 1.54) is 0 Å². The summed E-state index contributed by atoms with van der Waals surface area (Å²) in [6.07, 6.45) is -2.53. The molecule has 6 rings (SSSR count). The molecular weight excluding hydrogens is 612 g/mol. The van der Waals surface area contributed by atoms with Crippen LogP contribution in [0.1, 0.15) is 46.4 Å². The van der Waals surface area contributed by atoms with Gasteiger partial charge in [0, 0.05) is 5.56 Å². The van der Waals surface area contributed by atoms with Gasteiger partial charge in [0.05, 0.1) is 39.6 Å². The van der Waals surface area contributed by atoms with E-state index in [1.807, 2.05) is 85.8 Å². The predicted molar refractivity (Wildman–Crippen MR) is 191 cm³/mol. The van der Waals surface area contributed by atoms with Crippen molar-refractivity contribution in [2.45, 2.75) is 70.8 Å². The average molecular weight is 659 g/mol. The third kappa shape index (κ3) is 9.66. The van der Waals surface area contributed by atoms with Crippen molar-refractivity contribution in [3.8, 4) is 5.75 Å². The van der Waals surface area contributed by atoms with Crippen molar-refractivity contribution >= 4 is 0 Å². The summed E-state index contributed by atoms with van der Waals surface area (Å²) in [5.74, 6) is 0.765. The molecule has 0 bridgehead atoms. The summed E-state index contributed by atoms with van der Waals surface area (Å²) in [7, 11) is 0. The number of benzene rings is 5. The molecule has 5 aromatic carbocycles. The molecule has 1 heterocycles. The Balaban J connectivity index is 1.38. The first-order valence-corrected chi connectivity index (χ1v) is 17.1. The quantitative estimate of drug-likeness (QED) is 0.106. The first-order chi connectivity index (χ1) is 24.2. The van der Waals surface area contributed by atoms with Crippen LogP contribution in [0.2, 0.25) is 0 Å². The molecule has 5 atom stereocenters. The van der Waals surface area contributed by atoms with Crippen LogP contribution in [-0.4, -0.2) is 37.6 Å². The first kappa shape index (κ1) is 34.6. The molecule has 0 amide bonds. The monoisotopic (exact) mass is 658 g/mol. The molecule has 49 heavy (non-hydrogen) atoms. The largest absolute Gasteiger partial charge is 0.493 e. The van der Waals surface area contributed by atoms with Gasteiger partial charge >= 0.3 is 0 Å². The number of aryl methyl sites for hydroxylation is 1. The summed E-state index contributed by atoms with van der Waals surface area (Å²) in [4.78, 5) is 0. The van der Waals surface area contributed by atoms with E-state index in [-0.39, 0.29) is 0 Å². The van der Waals surface area contributed by atoms with Crippen LogP contribution in [0.4, 0.5) is 0 Å². The lowest BCUT2D eigenvalue weighted by Gasteiger charge is -2.46. The normalized spacial score (nSPS) is 20.6. The first-order valence-electron chi connectivity index (χ1n) is 17.1. The van der Waals surface area contributed by atoms with Gasteiger partial charge in [-0.15, -0.1) is 0 Å². The van der Waals surface area contributed by atoms with Crippen molar-refractivity contribution in [3.63, 3.8) is 0 Å². The second kappa shape index (κ2) is 17.9. The molecule has 6 heteroatoms. The van der Waals surface area contributed by atoms with Crippen LogP contribution in [0.5, 0.6) is 5.75 Å². The average Bonchev–Trinajstić information content (AvgIpc) is 3.15. The predicted octanol–water partition coefficient (Wildman–Crippen LogP) is 8.81. The maximum Gasteiger partial charge on any atom is 0.125 e. The van der Waals surface area contributed by atoms with E-state index < -0.39 is 30.5 Å². The van der Waals surface area contributed by atoms with E-state index in [0.29, 0.717) is 39.6 Å². The molecule has 0 aliphatic carbocycles. The topological polar surface area (TPSA) is 55.4 Å². The number of hydrogen-bond donors (Lipinski definition) is 0. The lowest BCUT2D eigenvalue weighted by Crippen LogP contribution is -2.58. The van der Waals surface area contributed by atoms with Gasteiger partial charge in [0.2, 0.25) is 0 Å². The summed E-state index contributed by atoms with van der Waals surface area (Å²) < 4.78 is 40.3. The van der Waals surface area contributed by atoms with E-state index in [0.717, 1.165) is 39.1 Å². The molecule has 0 saturated carbocycles. The third-order valence-corrected chi connectivity index (χ3v) is 8.65. The fraction of sp³-hybridized carbons (Fsp3) is 0.302. The molecule has 0 radical (unpaired) electrons. The maximum absolute atomic E-state index is 7.10. The Morgan fingerprint density at radius 2 is 1.00 bits per heavy atom. The molecule has 1 aliphatic heterocycles. The summed E-state index contributed by atoms with van der Waals surface area (Å²) >= 11 is 0. The lowest BCUT2D eigenvalue weighted by molar-refractivity contribution is -0.275. The third-order valence-electron chi connectivity index (χ3n) is 8.65. The highest BCUT2D eigenvalue weighted by Gasteiger charge is 2.49. The highest BCUT2D eigenvalue weighted by molar-refractivity contribution is 5.40. The van der Waals surface area contributed by atoms with Gasteiger partial charge in [-0.25, -0.2) is 0 Å². The maximum atomic E-state index is 7.10. The molecule has 0 spiro atoms. The minimum Gasteiger partial charge on any atom is -0.493 e. The number of ether oxygens (including phenoxy) is 6. The van der Waals surface area contributed by atoms with Crippen LogP contribution in [0, 0.1) is 6.92 Å². The second-order valence-corrected chi connectivity index (χ2v) is 12.4. The summed E-state index contributed by atoms with van der Waals surface area (Å²) in [5.41, 5.74) is 6.31. The Labute approximate surface area is 290 Å². The minimum atomic E-state index is -0.531. The highest BCUT2D eigenvalue weighted by Crippen LogP contribution is 2.42. The van der Waals surface area contributed by atoms with E-state index in [9.17, 15) is 0 Å². The van der Waals surface area contributed by atoms with Gasteiger partial charge in [-0.05, 0) is 48.2 Å². The highest BCUT2D eigenvalue weighted by atomic mass is 16.6. The van der Waals surface area contributed by atoms with E-state index in [2.05, 4.69) is 67.6 Å². The molecular formula is C43H46O6. The summed E-state index contributed by atoms with van der Waals surface area (Å²) in [6, 6.07) is 47.0. The second-order valence-electron chi connectivity index (χ2n) is 12.4. The fourth-order valence-corrected chi connectivity index (χ4v) is 6.22. The standard InChI is InChI=1S/C43H46O6/c1-3-45-38-25-24-32(2)26-37(38)40-42(47-29-35-20-12-6-13-21-35)43(48-30-36-22-14-7-15-23-36)41(46-28-34-18-10-5-11-19-34)39(49-40)31-44-27-33-16-8-4-9-17-33/h4-26,39-43H,3,27-31H2,1-2H3/t39-,40+,41-,42+,43+/m1/s1. The van der Waals surface area contributed by atoms with Gasteiger partial charge in [-0.2, -0.15) is 0 Å². The van der Waals surface area contributed by atoms with Crippen molar-refractivity contribution < 1.29 is 28.4 Å². The lowest BCUT2D eigenvalue weighted by atomic mass is 9.89. The molecule has 1 aliphatic rings. The van der Waals surface area contributed by atoms with E-state index >= 15 is 0 Å². The van der Waals surface area contributed by atoms with Gasteiger partial charge in [0.1, 0.15) is 36.3 Å². The summed E-state index contributed by atoms with van der Waals surface area (Å²) in [6.45, 7) is 6.52. The molecule has 0 aromatic heterocycles. The van der Waals surface area contributed by atoms with Crippen molar-refractivity contribution in [1.82, 2.24) is 0 Å². The zero-order valence-corrected chi connectivity index (χ0v) is 28.4. The van der Waals surface area contributed by atoms with Gasteiger partial charge in [-0.1, -0.05) is 133 Å². The van der Waals surface area contributed by atoms with E-state index in [4.69, 9.17) is 28.4 Å². The van der Waals surface area contributed by atoms with Gasteiger partial charge in [0.25, 0.3) is 0 Å². The fourth-order valence-electron chi connectivity index (χ4n) is 6.22. The Morgan fingerprint density at radius 3 is 1.51 bits per heavy atom. The Kier molecular flexibility index (Phi) is 12.6. The van der Waals surface area contributed by atoms with E-state index in [1.54, 1.807) is 0 Å². The molecule has 0 N–H and O–H groups in total. The number of rotatable bonds is 16. The smallest absolute Gasteiger partial charge is 0.125 e. The van der Waals surface area contributed by atoms with Crippen LogP contribution >= 0.6 is 0 Å². The summed E-state index contributed by atoms with van der Waals surface area (Å²) in [5, 5.41) is 0. The van der Waals surface area contributed by atoms with Gasteiger partial charge < -0.3 is 28.4 Å².